The van der Waals surface area contributed by atoms with Gasteiger partial charge in [-0.25, -0.2) is 0 Å². The predicted molar refractivity (Wildman–Crippen MR) is 155 cm³/mol. The first-order valence-corrected chi connectivity index (χ1v) is 14.4. The predicted octanol–water partition coefficient (Wildman–Crippen LogP) is 3.67. The van der Waals surface area contributed by atoms with Gasteiger partial charge in [0.05, 0.1) is 40.8 Å². The third-order valence-electron chi connectivity index (χ3n) is 9.23. The fourth-order valence-corrected chi connectivity index (χ4v) is 7.68. The summed E-state index contributed by atoms with van der Waals surface area (Å²) in [6, 6.07) is 12.6. The summed E-state index contributed by atoms with van der Waals surface area (Å²) in [5.74, 6) is -2.75. The number of halogens is 1. The van der Waals surface area contributed by atoms with E-state index in [1.165, 1.54) is 4.90 Å². The normalized spacial score (nSPS) is 31.6. The molecule has 8 nitrogen and oxygen atoms in total. The molecular formula is C32H34ClN3O5. The van der Waals surface area contributed by atoms with Crippen LogP contribution in [0.15, 0.2) is 72.8 Å². The maximum atomic E-state index is 14.8. The van der Waals surface area contributed by atoms with Crippen molar-refractivity contribution in [2.75, 3.05) is 31.6 Å². The molecule has 0 aliphatic carbocycles. The van der Waals surface area contributed by atoms with Crippen LogP contribution in [0.1, 0.15) is 30.5 Å². The van der Waals surface area contributed by atoms with Gasteiger partial charge in [-0.1, -0.05) is 85.3 Å². The minimum absolute atomic E-state index is 0.197. The van der Waals surface area contributed by atoms with E-state index in [-0.39, 0.29) is 24.3 Å². The molecule has 3 amide bonds. The summed E-state index contributed by atoms with van der Waals surface area (Å²) in [7, 11) is 1.72. The Labute approximate surface area is 244 Å². The number of carbonyl (C=O) groups excluding carboxylic acids is 3. The summed E-state index contributed by atoms with van der Waals surface area (Å²) in [5, 5.41) is 11.1. The summed E-state index contributed by atoms with van der Waals surface area (Å²) in [6.45, 7) is 4.03. The number of aliphatic hydroxyl groups is 1. The lowest BCUT2D eigenvalue weighted by Gasteiger charge is -2.41. The van der Waals surface area contributed by atoms with Crippen molar-refractivity contribution in [1.82, 2.24) is 9.80 Å². The van der Waals surface area contributed by atoms with Gasteiger partial charge in [-0.2, -0.15) is 0 Å². The SMILES string of the molecule is CC[C@@]12C=CCN(C)C(=O)[C@@H]1[C@H]1C(=O)N([C@H](CO)c3ccccc3)C3C(=O)N(c4c(C)cccc4Cl)CC=C[C@@]31O2. The van der Waals surface area contributed by atoms with Crippen LogP contribution >= 0.6 is 11.6 Å². The smallest absolute Gasteiger partial charge is 0.253 e. The van der Waals surface area contributed by atoms with Gasteiger partial charge in [0.1, 0.15) is 11.6 Å². The average Bonchev–Trinajstić information content (AvgIpc) is 3.27. The van der Waals surface area contributed by atoms with E-state index >= 15 is 0 Å². The van der Waals surface area contributed by atoms with Crippen molar-refractivity contribution in [3.05, 3.63) is 89.0 Å². The van der Waals surface area contributed by atoms with Crippen molar-refractivity contribution < 1.29 is 24.2 Å². The minimum atomic E-state index is -1.43. The molecule has 2 aromatic rings. The monoisotopic (exact) mass is 575 g/mol. The fourth-order valence-electron chi connectivity index (χ4n) is 7.35. The van der Waals surface area contributed by atoms with Crippen LogP contribution in [-0.2, 0) is 19.1 Å². The average molecular weight is 576 g/mol. The second-order valence-corrected chi connectivity index (χ2v) is 11.8. The van der Waals surface area contributed by atoms with E-state index in [1.807, 2.05) is 80.6 Å². The van der Waals surface area contributed by atoms with Gasteiger partial charge in [-0.15, -0.1) is 0 Å². The molecule has 4 heterocycles. The van der Waals surface area contributed by atoms with E-state index in [0.29, 0.717) is 29.2 Å². The van der Waals surface area contributed by atoms with Gasteiger partial charge in [-0.05, 0) is 30.5 Å². The molecule has 6 atom stereocenters. The molecule has 1 spiro atoms. The van der Waals surface area contributed by atoms with Crippen molar-refractivity contribution in [2.24, 2.45) is 11.8 Å². The van der Waals surface area contributed by atoms with Gasteiger partial charge in [0, 0.05) is 20.1 Å². The molecule has 1 N–H and O–H groups in total. The third kappa shape index (κ3) is 3.91. The maximum Gasteiger partial charge on any atom is 0.253 e. The number of rotatable bonds is 5. The topological polar surface area (TPSA) is 90.4 Å². The number of ether oxygens (including phenoxy) is 1. The van der Waals surface area contributed by atoms with Crippen molar-refractivity contribution in [2.45, 2.75) is 43.6 Å². The van der Waals surface area contributed by atoms with E-state index < -0.39 is 41.7 Å². The van der Waals surface area contributed by atoms with Gasteiger partial charge in [0.2, 0.25) is 11.8 Å². The van der Waals surface area contributed by atoms with E-state index in [2.05, 4.69) is 0 Å². The second-order valence-electron chi connectivity index (χ2n) is 11.4. The van der Waals surface area contributed by atoms with Crippen LogP contribution in [0.25, 0.3) is 0 Å². The van der Waals surface area contributed by atoms with Crippen LogP contribution < -0.4 is 4.90 Å². The molecule has 2 saturated heterocycles. The van der Waals surface area contributed by atoms with Gasteiger partial charge >= 0.3 is 0 Å². The number of aliphatic hydroxyl groups excluding tert-OH is 1. The summed E-state index contributed by atoms with van der Waals surface area (Å²) in [6.07, 6.45) is 7.91. The highest BCUT2D eigenvalue weighted by molar-refractivity contribution is 6.34. The first kappa shape index (κ1) is 27.7. The number of amides is 3. The molecular weight excluding hydrogens is 542 g/mol. The molecule has 0 saturated carbocycles. The highest BCUT2D eigenvalue weighted by Crippen LogP contribution is 2.60. The van der Waals surface area contributed by atoms with Crippen molar-refractivity contribution in [3.8, 4) is 0 Å². The summed E-state index contributed by atoms with van der Waals surface area (Å²) < 4.78 is 7.00. The van der Waals surface area contributed by atoms with Crippen LogP contribution in [0, 0.1) is 18.8 Å². The van der Waals surface area contributed by atoms with Crippen molar-refractivity contribution in [3.63, 3.8) is 0 Å². The van der Waals surface area contributed by atoms with Crippen molar-refractivity contribution in [1.29, 1.82) is 0 Å². The number of nitrogens with zero attached hydrogens (tertiary/aromatic N) is 3. The van der Waals surface area contributed by atoms with Crippen LogP contribution in [0.5, 0.6) is 0 Å². The van der Waals surface area contributed by atoms with Gasteiger partial charge < -0.3 is 24.5 Å². The number of hydrogen-bond acceptors (Lipinski definition) is 5. The first-order chi connectivity index (χ1) is 19.7. The lowest BCUT2D eigenvalue weighted by Crippen LogP contribution is -2.57. The zero-order valence-electron chi connectivity index (χ0n) is 23.4. The number of hydrogen-bond donors (Lipinski definition) is 1. The third-order valence-corrected chi connectivity index (χ3v) is 9.54. The highest BCUT2D eigenvalue weighted by atomic mass is 35.5. The van der Waals surface area contributed by atoms with E-state index in [9.17, 15) is 19.5 Å². The lowest BCUT2D eigenvalue weighted by molar-refractivity contribution is -0.152. The molecule has 41 heavy (non-hydrogen) atoms. The van der Waals surface area contributed by atoms with Gasteiger partial charge in [0.15, 0.2) is 0 Å². The number of likely N-dealkylation sites (tertiary alicyclic amines) is 1. The molecule has 2 aromatic carbocycles. The number of benzene rings is 2. The van der Waals surface area contributed by atoms with Gasteiger partial charge in [0.25, 0.3) is 5.91 Å². The Morgan fingerprint density at radius 1 is 0.976 bits per heavy atom. The molecule has 214 valence electrons. The molecule has 9 heteroatoms. The lowest BCUT2D eigenvalue weighted by atomic mass is 9.73. The number of anilines is 1. The molecule has 2 fully saturated rings. The molecule has 0 radical (unpaired) electrons. The maximum absolute atomic E-state index is 14.8. The van der Waals surface area contributed by atoms with Gasteiger partial charge in [-0.3, -0.25) is 14.4 Å². The Bertz CT molecular complexity index is 1440. The Hall–Kier alpha value is -3.46. The second kappa shape index (κ2) is 10.1. The summed E-state index contributed by atoms with van der Waals surface area (Å²) in [5.41, 5.74) is -0.435. The molecule has 0 bridgehead atoms. The number of likely N-dealkylation sites (N-methyl/N-ethyl adjacent to an activating group) is 1. The first-order valence-electron chi connectivity index (χ1n) is 14.1. The summed E-state index contributed by atoms with van der Waals surface area (Å²) in [4.78, 5) is 48.2. The van der Waals surface area contributed by atoms with E-state index in [4.69, 9.17) is 16.3 Å². The van der Waals surface area contributed by atoms with E-state index in [1.54, 1.807) is 22.9 Å². The van der Waals surface area contributed by atoms with Crippen molar-refractivity contribution >= 4 is 35.0 Å². The van der Waals surface area contributed by atoms with Crippen LogP contribution in [0.4, 0.5) is 5.69 Å². The zero-order chi connectivity index (χ0) is 29.1. The molecule has 4 aliphatic rings. The van der Waals surface area contributed by atoms with Crippen LogP contribution in [0.3, 0.4) is 0 Å². The molecule has 6 rings (SSSR count). The Kier molecular flexibility index (Phi) is 6.83. The Morgan fingerprint density at radius 3 is 2.39 bits per heavy atom. The zero-order valence-corrected chi connectivity index (χ0v) is 24.1. The number of carbonyl (C=O) groups is 3. The molecule has 0 aromatic heterocycles. The minimum Gasteiger partial charge on any atom is -0.394 e. The molecule has 4 aliphatic heterocycles. The Balaban J connectivity index is 1.58. The quantitative estimate of drug-likeness (QED) is 0.550. The van der Waals surface area contributed by atoms with Crippen LogP contribution in [-0.4, -0.2) is 76.6 Å². The fraction of sp³-hybridized carbons (Fsp3) is 0.406. The largest absolute Gasteiger partial charge is 0.394 e. The molecule has 1 unspecified atom stereocenters. The van der Waals surface area contributed by atoms with Crippen LogP contribution in [0.2, 0.25) is 5.02 Å². The number of aryl methyl sites for hydroxylation is 1. The van der Waals surface area contributed by atoms with E-state index in [0.717, 1.165) is 5.56 Å². The number of para-hydroxylation sites is 1. The highest BCUT2D eigenvalue weighted by Gasteiger charge is 2.76. The number of fused-ring (bicyclic) bond motifs is 2. The standard InChI is InChI=1S/C32H34ClN3O5/c1-4-31-15-9-17-34(3)28(38)24(31)25-29(39)36(23(19-37)21-12-6-5-7-13-21)27-30(40)35(18-10-16-32(25,27)41-31)26-20(2)11-8-14-22(26)33/h5-16,23-25,27,37H,4,17-19H2,1-3H3/t23-,24+,25+,27?,31-,32+/m1/s1. The Morgan fingerprint density at radius 2 is 1.71 bits per heavy atom. The summed E-state index contributed by atoms with van der Waals surface area (Å²) >= 11 is 6.65.